The van der Waals surface area contributed by atoms with E-state index in [0.29, 0.717) is 17.0 Å². The van der Waals surface area contributed by atoms with Gasteiger partial charge in [-0.15, -0.1) is 0 Å². The van der Waals surface area contributed by atoms with E-state index in [2.05, 4.69) is 15.4 Å². The quantitative estimate of drug-likeness (QED) is 0.659. The third-order valence-electron chi connectivity index (χ3n) is 4.26. The average molecular weight is 391 g/mol. The first kappa shape index (κ1) is 19.1. The second kappa shape index (κ2) is 7.53. The predicted octanol–water partition coefficient (Wildman–Crippen LogP) is 1.39. The van der Waals surface area contributed by atoms with Crippen molar-refractivity contribution in [2.45, 2.75) is 37.8 Å². The summed E-state index contributed by atoms with van der Waals surface area (Å²) in [6, 6.07) is 6.89. The van der Waals surface area contributed by atoms with Gasteiger partial charge in [-0.3, -0.25) is 9.59 Å². The normalized spacial score (nSPS) is 14.7. The summed E-state index contributed by atoms with van der Waals surface area (Å²) in [5.74, 6) is -0.314. The van der Waals surface area contributed by atoms with E-state index < -0.39 is 22.0 Å². The number of rotatable bonds is 7. The lowest BCUT2D eigenvalue weighted by Gasteiger charge is -2.21. The predicted molar refractivity (Wildman–Crippen MR) is 98.3 cm³/mol. The van der Waals surface area contributed by atoms with Crippen LogP contribution in [0, 0.1) is 5.92 Å². The summed E-state index contributed by atoms with van der Waals surface area (Å²) in [5, 5.41) is 5.33. The molecule has 1 aromatic heterocycles. The van der Waals surface area contributed by atoms with Crippen LogP contribution in [0.2, 0.25) is 0 Å². The number of sulfonamides is 1. The van der Waals surface area contributed by atoms with E-state index in [1.807, 2.05) is 0 Å². The van der Waals surface area contributed by atoms with E-state index in [4.69, 9.17) is 4.42 Å². The van der Waals surface area contributed by atoms with Gasteiger partial charge in [0.1, 0.15) is 11.8 Å². The summed E-state index contributed by atoms with van der Waals surface area (Å²) in [5.41, 5.74) is 1.22. The third-order valence-corrected chi connectivity index (χ3v) is 5.70. The first-order valence-electron chi connectivity index (χ1n) is 8.51. The van der Waals surface area contributed by atoms with Gasteiger partial charge in [-0.1, -0.05) is 13.8 Å². The number of benzene rings is 1. The first-order valence-corrected chi connectivity index (χ1v) is 10.00. The van der Waals surface area contributed by atoms with E-state index in [9.17, 15) is 18.0 Å². The minimum absolute atomic E-state index is 0.0160. The van der Waals surface area contributed by atoms with Crippen molar-refractivity contribution in [2.75, 3.05) is 5.32 Å². The fourth-order valence-corrected chi connectivity index (χ4v) is 4.19. The molecule has 0 fully saturated rings. The Kier molecular flexibility index (Phi) is 5.33. The molecule has 1 aromatic carbocycles. The van der Waals surface area contributed by atoms with E-state index in [1.165, 1.54) is 18.4 Å². The summed E-state index contributed by atoms with van der Waals surface area (Å²) in [4.78, 5) is 24.0. The van der Waals surface area contributed by atoms with Crippen LogP contribution in [-0.2, 0) is 32.6 Å². The molecule has 0 saturated heterocycles. The maximum atomic E-state index is 12.8. The van der Waals surface area contributed by atoms with E-state index in [-0.39, 0.29) is 29.7 Å². The van der Waals surface area contributed by atoms with Crippen molar-refractivity contribution < 1.29 is 22.4 Å². The van der Waals surface area contributed by atoms with Crippen LogP contribution in [0.5, 0.6) is 0 Å². The SMILES string of the molecule is CC(C)[C@H](NS(=O)(=O)c1ccc2c(c1)CC(=O)N2)C(=O)NCc1ccco1. The zero-order valence-corrected chi connectivity index (χ0v) is 15.8. The average Bonchev–Trinajstić information content (AvgIpc) is 3.24. The Balaban J connectivity index is 1.74. The first-order chi connectivity index (χ1) is 12.8. The lowest BCUT2D eigenvalue weighted by molar-refractivity contribution is -0.124. The molecule has 0 bridgehead atoms. The highest BCUT2D eigenvalue weighted by molar-refractivity contribution is 7.89. The molecular formula is C18H21N3O5S. The van der Waals surface area contributed by atoms with Gasteiger partial charge in [0.25, 0.3) is 0 Å². The molecule has 8 nitrogen and oxygen atoms in total. The van der Waals surface area contributed by atoms with Gasteiger partial charge in [0.2, 0.25) is 21.8 Å². The summed E-state index contributed by atoms with van der Waals surface area (Å²) >= 11 is 0. The molecule has 0 spiro atoms. The molecule has 1 aliphatic rings. The Morgan fingerprint density at radius 2 is 2.07 bits per heavy atom. The molecule has 2 amide bonds. The topological polar surface area (TPSA) is 118 Å². The molecular weight excluding hydrogens is 370 g/mol. The molecule has 2 aromatic rings. The highest BCUT2D eigenvalue weighted by Crippen LogP contribution is 2.26. The van der Waals surface area contributed by atoms with Gasteiger partial charge < -0.3 is 15.1 Å². The second-order valence-electron chi connectivity index (χ2n) is 6.68. The van der Waals surface area contributed by atoms with E-state index in [0.717, 1.165) is 0 Å². The Morgan fingerprint density at radius 3 is 2.74 bits per heavy atom. The lowest BCUT2D eigenvalue weighted by atomic mass is 10.1. The molecule has 0 saturated carbocycles. The zero-order chi connectivity index (χ0) is 19.6. The molecule has 0 unspecified atom stereocenters. The molecule has 1 aliphatic heterocycles. The van der Waals surface area contributed by atoms with Crippen molar-refractivity contribution in [3.63, 3.8) is 0 Å². The molecule has 9 heteroatoms. The van der Waals surface area contributed by atoms with Crippen LogP contribution in [-0.4, -0.2) is 26.3 Å². The summed E-state index contributed by atoms with van der Waals surface area (Å²) in [6.07, 6.45) is 1.63. The van der Waals surface area contributed by atoms with E-state index >= 15 is 0 Å². The number of carbonyl (C=O) groups excluding carboxylic acids is 2. The van der Waals surface area contributed by atoms with Crippen molar-refractivity contribution in [3.8, 4) is 0 Å². The number of hydrogen-bond acceptors (Lipinski definition) is 5. The lowest BCUT2D eigenvalue weighted by Crippen LogP contribution is -2.49. The Bertz CT molecular complexity index is 951. The van der Waals surface area contributed by atoms with Gasteiger partial charge in [0, 0.05) is 5.69 Å². The van der Waals surface area contributed by atoms with Crippen LogP contribution in [0.15, 0.2) is 45.9 Å². The van der Waals surface area contributed by atoms with Crippen LogP contribution in [0.1, 0.15) is 25.2 Å². The summed E-state index contributed by atoms with van der Waals surface area (Å²) in [7, 11) is -3.93. The molecule has 0 aliphatic carbocycles. The van der Waals surface area contributed by atoms with Crippen molar-refractivity contribution >= 4 is 27.5 Å². The minimum atomic E-state index is -3.93. The molecule has 1 atom stereocenters. The van der Waals surface area contributed by atoms with Gasteiger partial charge >= 0.3 is 0 Å². The number of fused-ring (bicyclic) bond motifs is 1. The molecule has 2 heterocycles. The van der Waals surface area contributed by atoms with Gasteiger partial charge in [0.15, 0.2) is 0 Å². The maximum Gasteiger partial charge on any atom is 0.241 e. The van der Waals surface area contributed by atoms with Gasteiger partial charge in [0.05, 0.1) is 24.1 Å². The fraction of sp³-hybridized carbons (Fsp3) is 0.333. The number of furan rings is 1. The summed E-state index contributed by atoms with van der Waals surface area (Å²) in [6.45, 7) is 3.68. The fourth-order valence-electron chi connectivity index (χ4n) is 2.80. The van der Waals surface area contributed by atoms with Crippen LogP contribution in [0.25, 0.3) is 0 Å². The van der Waals surface area contributed by atoms with Crippen LogP contribution in [0.3, 0.4) is 0 Å². The molecule has 27 heavy (non-hydrogen) atoms. The van der Waals surface area contributed by atoms with Crippen molar-refractivity contribution in [3.05, 3.63) is 47.9 Å². The van der Waals surface area contributed by atoms with Gasteiger partial charge in [-0.05, 0) is 41.8 Å². The molecule has 3 N–H and O–H groups in total. The van der Waals surface area contributed by atoms with Crippen LogP contribution < -0.4 is 15.4 Å². The van der Waals surface area contributed by atoms with Crippen molar-refractivity contribution in [1.82, 2.24) is 10.0 Å². The number of anilines is 1. The van der Waals surface area contributed by atoms with E-state index in [1.54, 1.807) is 32.0 Å². The maximum absolute atomic E-state index is 12.8. The van der Waals surface area contributed by atoms with Crippen LogP contribution >= 0.6 is 0 Å². The molecule has 3 rings (SSSR count). The van der Waals surface area contributed by atoms with Crippen LogP contribution in [0.4, 0.5) is 5.69 Å². The van der Waals surface area contributed by atoms with Crippen molar-refractivity contribution in [1.29, 1.82) is 0 Å². The van der Waals surface area contributed by atoms with Gasteiger partial charge in [-0.25, -0.2) is 8.42 Å². The standard InChI is InChI=1S/C18H21N3O5S/c1-11(2)17(18(23)19-10-13-4-3-7-26-13)21-27(24,25)14-5-6-15-12(8-14)9-16(22)20-15/h3-8,11,17,21H,9-10H2,1-2H3,(H,19,23)(H,20,22)/t17-/m0/s1. The molecule has 144 valence electrons. The number of nitrogens with one attached hydrogen (secondary N) is 3. The number of amides is 2. The highest BCUT2D eigenvalue weighted by atomic mass is 32.2. The largest absolute Gasteiger partial charge is 0.467 e. The zero-order valence-electron chi connectivity index (χ0n) is 15.0. The Hall–Kier alpha value is -2.65. The second-order valence-corrected chi connectivity index (χ2v) is 8.40. The Morgan fingerprint density at radius 1 is 1.30 bits per heavy atom. The smallest absolute Gasteiger partial charge is 0.241 e. The monoisotopic (exact) mass is 391 g/mol. The molecule has 0 radical (unpaired) electrons. The number of hydrogen-bond donors (Lipinski definition) is 3. The Labute approximate surface area is 157 Å². The highest BCUT2D eigenvalue weighted by Gasteiger charge is 2.29. The third kappa shape index (κ3) is 4.37. The van der Waals surface area contributed by atoms with Crippen molar-refractivity contribution in [2.24, 2.45) is 5.92 Å². The minimum Gasteiger partial charge on any atom is -0.467 e. The van der Waals surface area contributed by atoms with Gasteiger partial charge in [-0.2, -0.15) is 4.72 Å². The number of carbonyl (C=O) groups is 2. The summed E-state index contributed by atoms with van der Waals surface area (Å²) < 4.78 is 33.1.